The van der Waals surface area contributed by atoms with Crippen molar-refractivity contribution in [1.82, 2.24) is 14.5 Å². The van der Waals surface area contributed by atoms with Crippen molar-refractivity contribution in [3.8, 4) is 0 Å². The Hall–Kier alpha value is -3.41. The molecule has 0 unspecified atom stereocenters. The first-order chi connectivity index (χ1) is 11.8. The molecule has 3 aromatic heterocycles. The van der Waals surface area contributed by atoms with Crippen molar-refractivity contribution in [3.63, 3.8) is 0 Å². The van der Waals surface area contributed by atoms with Crippen molar-refractivity contribution in [2.24, 2.45) is 0 Å². The van der Waals surface area contributed by atoms with Gasteiger partial charge in [0, 0.05) is 5.39 Å². The van der Waals surface area contributed by atoms with Crippen LogP contribution in [0.4, 0.5) is 0 Å². The van der Waals surface area contributed by atoms with E-state index in [2.05, 4.69) is 9.97 Å². The van der Waals surface area contributed by atoms with Crippen LogP contribution in [0.3, 0.4) is 0 Å². The van der Waals surface area contributed by atoms with Crippen LogP contribution in [0.1, 0.15) is 5.89 Å². The second kappa shape index (κ2) is 4.79. The first kappa shape index (κ1) is 13.1. The van der Waals surface area contributed by atoms with Gasteiger partial charge in [-0.15, -0.1) is 0 Å². The Morgan fingerprint density at radius 3 is 2.62 bits per heavy atom. The Morgan fingerprint density at radius 2 is 1.75 bits per heavy atom. The molecule has 2 aromatic carbocycles. The zero-order chi connectivity index (χ0) is 16.1. The molecular formula is C18H11N3O3. The molecule has 5 rings (SSSR count). The fraction of sp³-hybridized carbons (Fsp3) is 0.0556. The van der Waals surface area contributed by atoms with Gasteiger partial charge in [0.1, 0.15) is 23.2 Å². The van der Waals surface area contributed by atoms with Crippen molar-refractivity contribution in [2.75, 3.05) is 0 Å². The van der Waals surface area contributed by atoms with Gasteiger partial charge in [-0.1, -0.05) is 24.3 Å². The highest BCUT2D eigenvalue weighted by molar-refractivity contribution is 6.01. The van der Waals surface area contributed by atoms with Crippen LogP contribution in [0, 0.1) is 0 Å². The third-order valence-corrected chi connectivity index (χ3v) is 3.99. The first-order valence-electron chi connectivity index (χ1n) is 7.51. The average molecular weight is 317 g/mol. The van der Waals surface area contributed by atoms with Crippen LogP contribution in [0.25, 0.3) is 33.2 Å². The predicted molar refractivity (Wildman–Crippen MR) is 88.9 cm³/mol. The summed E-state index contributed by atoms with van der Waals surface area (Å²) in [5.41, 5.74) is 2.67. The third-order valence-electron chi connectivity index (χ3n) is 3.99. The number of rotatable bonds is 2. The van der Waals surface area contributed by atoms with Gasteiger partial charge in [0.25, 0.3) is 5.56 Å². The lowest BCUT2D eigenvalue weighted by Crippen LogP contribution is -2.20. The monoisotopic (exact) mass is 317 g/mol. The first-order valence-corrected chi connectivity index (χ1v) is 7.51. The van der Waals surface area contributed by atoms with Gasteiger partial charge in [0.05, 0.1) is 6.33 Å². The number of hydrogen-bond acceptors (Lipinski definition) is 5. The molecule has 0 aliphatic rings. The summed E-state index contributed by atoms with van der Waals surface area (Å²) in [5, 5.41) is 0.832. The number of nitrogens with zero attached hydrogens (tertiary/aromatic N) is 3. The number of oxazole rings is 1. The summed E-state index contributed by atoms with van der Waals surface area (Å²) in [7, 11) is 0. The zero-order valence-electron chi connectivity index (χ0n) is 12.5. The molecule has 0 aliphatic heterocycles. The fourth-order valence-electron chi connectivity index (χ4n) is 2.86. The molecule has 0 amide bonds. The summed E-state index contributed by atoms with van der Waals surface area (Å²) in [4.78, 5) is 21.4. The maximum Gasteiger partial charge on any atom is 0.297 e. The third kappa shape index (κ3) is 1.86. The number of aromatic nitrogens is 3. The topological polar surface area (TPSA) is 74.1 Å². The number of benzene rings is 2. The van der Waals surface area contributed by atoms with Crippen molar-refractivity contribution in [2.45, 2.75) is 6.54 Å². The smallest absolute Gasteiger partial charge is 0.297 e. The number of para-hydroxylation sites is 3. The molecule has 0 spiro atoms. The number of fused-ring (bicyclic) bond motifs is 4. The molecule has 0 bridgehead atoms. The minimum absolute atomic E-state index is 0.202. The van der Waals surface area contributed by atoms with Crippen LogP contribution < -0.4 is 5.56 Å². The van der Waals surface area contributed by atoms with Crippen LogP contribution in [-0.4, -0.2) is 14.5 Å². The van der Waals surface area contributed by atoms with Gasteiger partial charge >= 0.3 is 0 Å². The lowest BCUT2D eigenvalue weighted by Gasteiger charge is -2.00. The van der Waals surface area contributed by atoms with E-state index in [4.69, 9.17) is 8.83 Å². The normalized spacial score (nSPS) is 11.7. The van der Waals surface area contributed by atoms with Crippen molar-refractivity contribution in [1.29, 1.82) is 0 Å². The predicted octanol–water partition coefficient (Wildman–Crippen LogP) is 3.33. The van der Waals surface area contributed by atoms with Crippen LogP contribution in [0.2, 0.25) is 0 Å². The van der Waals surface area contributed by atoms with Gasteiger partial charge < -0.3 is 8.83 Å². The van der Waals surface area contributed by atoms with Crippen LogP contribution in [0.5, 0.6) is 0 Å². The second-order valence-corrected chi connectivity index (χ2v) is 5.53. The van der Waals surface area contributed by atoms with Gasteiger partial charge in [0.2, 0.25) is 11.5 Å². The summed E-state index contributed by atoms with van der Waals surface area (Å²) >= 11 is 0. The Morgan fingerprint density at radius 1 is 0.958 bits per heavy atom. The zero-order valence-corrected chi connectivity index (χ0v) is 12.5. The molecular weight excluding hydrogens is 306 g/mol. The van der Waals surface area contributed by atoms with Gasteiger partial charge in [-0.05, 0) is 24.3 Å². The molecule has 0 saturated heterocycles. The van der Waals surface area contributed by atoms with E-state index in [1.165, 1.54) is 10.9 Å². The molecule has 24 heavy (non-hydrogen) atoms. The Kier molecular flexibility index (Phi) is 2.61. The van der Waals surface area contributed by atoms with E-state index in [1.54, 1.807) is 0 Å². The molecule has 0 N–H and O–H groups in total. The fourth-order valence-corrected chi connectivity index (χ4v) is 2.86. The highest BCUT2D eigenvalue weighted by atomic mass is 16.4. The highest BCUT2D eigenvalue weighted by Gasteiger charge is 2.14. The van der Waals surface area contributed by atoms with Gasteiger partial charge in [-0.2, -0.15) is 0 Å². The Labute approximate surface area is 135 Å². The lowest BCUT2D eigenvalue weighted by atomic mass is 10.2. The van der Waals surface area contributed by atoms with E-state index >= 15 is 0 Å². The summed E-state index contributed by atoms with van der Waals surface area (Å²) in [5.74, 6) is 0.454. The summed E-state index contributed by atoms with van der Waals surface area (Å²) in [6, 6.07) is 14.9. The van der Waals surface area contributed by atoms with E-state index in [-0.39, 0.29) is 17.7 Å². The maximum absolute atomic E-state index is 12.7. The second-order valence-electron chi connectivity index (χ2n) is 5.53. The van der Waals surface area contributed by atoms with E-state index in [9.17, 15) is 4.79 Å². The van der Waals surface area contributed by atoms with E-state index < -0.39 is 0 Å². The van der Waals surface area contributed by atoms with E-state index in [1.807, 2.05) is 48.5 Å². The molecule has 0 fully saturated rings. The molecule has 116 valence electrons. The minimum Gasteiger partial charge on any atom is -0.448 e. The maximum atomic E-state index is 12.7. The quantitative estimate of drug-likeness (QED) is 0.499. The molecule has 3 heterocycles. The lowest BCUT2D eigenvalue weighted by molar-refractivity contribution is 0.501. The van der Waals surface area contributed by atoms with Crippen molar-refractivity contribution >= 4 is 33.2 Å². The van der Waals surface area contributed by atoms with Crippen LogP contribution >= 0.6 is 0 Å². The molecule has 6 heteroatoms. The van der Waals surface area contributed by atoms with Crippen LogP contribution in [-0.2, 0) is 6.54 Å². The van der Waals surface area contributed by atoms with Gasteiger partial charge in [0.15, 0.2) is 5.58 Å². The van der Waals surface area contributed by atoms with Gasteiger partial charge in [-0.3, -0.25) is 9.36 Å². The molecule has 5 aromatic rings. The Bertz CT molecular complexity index is 1230. The van der Waals surface area contributed by atoms with Crippen molar-refractivity contribution in [3.05, 3.63) is 71.1 Å². The molecule has 0 saturated carbocycles. The standard InChI is InChI=1S/C18H11N3O3/c22-18-17-16(11-5-1-3-7-13(11)24-17)19-10-21(18)9-15-20-12-6-2-4-8-14(12)23-15/h1-8,10H,9H2. The van der Waals surface area contributed by atoms with Gasteiger partial charge in [-0.25, -0.2) is 9.97 Å². The highest BCUT2D eigenvalue weighted by Crippen LogP contribution is 2.24. The van der Waals surface area contributed by atoms with E-state index in [0.717, 1.165) is 10.9 Å². The Balaban J connectivity index is 1.65. The summed E-state index contributed by atoms with van der Waals surface area (Å²) < 4.78 is 12.8. The van der Waals surface area contributed by atoms with Crippen molar-refractivity contribution < 1.29 is 8.83 Å². The summed E-state index contributed by atoms with van der Waals surface area (Å²) in [6.07, 6.45) is 1.50. The average Bonchev–Trinajstić information content (AvgIpc) is 3.18. The number of hydrogen-bond donors (Lipinski definition) is 0. The SMILES string of the molecule is O=c1c2oc3ccccc3c2ncn1Cc1nc2ccccc2o1. The largest absolute Gasteiger partial charge is 0.448 e. The molecule has 0 aliphatic carbocycles. The molecule has 0 radical (unpaired) electrons. The minimum atomic E-state index is -0.251. The molecule has 6 nitrogen and oxygen atoms in total. The van der Waals surface area contributed by atoms with Crippen LogP contribution in [0.15, 0.2) is 68.5 Å². The summed E-state index contributed by atoms with van der Waals surface area (Å²) in [6.45, 7) is 0.202. The molecule has 0 atom stereocenters. The van der Waals surface area contributed by atoms with E-state index in [0.29, 0.717) is 22.6 Å². The number of furan rings is 1.